The Labute approximate surface area is 132 Å². The summed E-state index contributed by atoms with van der Waals surface area (Å²) in [6.45, 7) is 1.54. The highest BCUT2D eigenvalue weighted by Crippen LogP contribution is 2.36. The van der Waals surface area contributed by atoms with Gasteiger partial charge in [0.25, 0.3) is 21.8 Å². The summed E-state index contributed by atoms with van der Waals surface area (Å²) < 4.78 is 25.3. The van der Waals surface area contributed by atoms with E-state index in [-0.39, 0.29) is 22.6 Å². The number of carbonyl (C=O) groups is 3. The number of aliphatic carboxylic acids is 1. The number of hydrogen-bond donors (Lipinski definition) is 2. The molecule has 1 aliphatic heterocycles. The van der Waals surface area contributed by atoms with Crippen LogP contribution in [0.25, 0.3) is 0 Å². The third-order valence-electron chi connectivity index (χ3n) is 4.07. The number of nitrogens with one attached hydrogen (secondary N) is 1. The highest BCUT2D eigenvalue weighted by Gasteiger charge is 2.52. The van der Waals surface area contributed by atoms with Gasteiger partial charge in [-0.3, -0.25) is 9.59 Å². The molecule has 0 bridgehead atoms. The van der Waals surface area contributed by atoms with Crippen LogP contribution >= 0.6 is 0 Å². The molecule has 122 valence electrons. The van der Waals surface area contributed by atoms with Crippen molar-refractivity contribution >= 4 is 27.8 Å². The molecule has 1 heterocycles. The molecule has 1 aliphatic carbocycles. The number of nitrogens with zero attached hydrogens (tertiary/aromatic N) is 1. The Morgan fingerprint density at radius 2 is 2.00 bits per heavy atom. The number of carboxylic acids is 1. The van der Waals surface area contributed by atoms with Crippen molar-refractivity contribution in [3.05, 3.63) is 29.3 Å². The topological polar surface area (TPSA) is 121 Å². The fourth-order valence-electron chi connectivity index (χ4n) is 2.54. The smallest absolute Gasteiger partial charge is 0.329 e. The van der Waals surface area contributed by atoms with Gasteiger partial charge in [-0.1, -0.05) is 0 Å². The minimum absolute atomic E-state index is 0.000494. The van der Waals surface area contributed by atoms with Gasteiger partial charge >= 0.3 is 5.97 Å². The molecule has 0 unspecified atom stereocenters. The fourth-order valence-corrected chi connectivity index (χ4v) is 4.14. The summed E-state index contributed by atoms with van der Waals surface area (Å²) in [7, 11) is -3.96. The van der Waals surface area contributed by atoms with Gasteiger partial charge in [-0.15, -0.1) is 0 Å². The van der Waals surface area contributed by atoms with Gasteiger partial charge < -0.3 is 10.4 Å². The van der Waals surface area contributed by atoms with E-state index in [1.165, 1.54) is 12.1 Å². The predicted molar refractivity (Wildman–Crippen MR) is 77.4 cm³/mol. The van der Waals surface area contributed by atoms with E-state index in [1.54, 1.807) is 6.92 Å². The maximum atomic E-state index is 12.3. The second-order valence-corrected chi connectivity index (χ2v) is 7.36. The van der Waals surface area contributed by atoms with E-state index >= 15 is 0 Å². The fraction of sp³-hybridized carbons (Fsp3) is 0.357. The molecule has 3 rings (SSSR count). The summed E-state index contributed by atoms with van der Waals surface area (Å²) in [6, 6.07) is 3.71. The van der Waals surface area contributed by atoms with E-state index in [0.717, 1.165) is 10.4 Å². The SMILES string of the molecule is CCN1C(=O)c2ccc(C(=O)NC3(C(=O)O)CC3)cc2S1(=O)=O. The molecule has 1 saturated carbocycles. The maximum Gasteiger partial charge on any atom is 0.329 e. The molecule has 9 heteroatoms. The lowest BCUT2D eigenvalue weighted by Gasteiger charge is -2.13. The Kier molecular flexibility index (Phi) is 3.22. The van der Waals surface area contributed by atoms with Gasteiger partial charge in [-0.2, -0.15) is 0 Å². The Bertz CT molecular complexity index is 841. The molecule has 0 radical (unpaired) electrons. The van der Waals surface area contributed by atoms with Gasteiger partial charge in [0.05, 0.1) is 5.56 Å². The third-order valence-corrected chi connectivity index (χ3v) is 5.97. The first kappa shape index (κ1) is 15.5. The van der Waals surface area contributed by atoms with Gasteiger partial charge in [-0.05, 0) is 38.0 Å². The van der Waals surface area contributed by atoms with Crippen molar-refractivity contribution in [3.8, 4) is 0 Å². The summed E-state index contributed by atoms with van der Waals surface area (Å²) >= 11 is 0. The first-order valence-corrected chi connectivity index (χ1v) is 8.44. The molecule has 23 heavy (non-hydrogen) atoms. The molecule has 1 aromatic carbocycles. The normalized spacial score (nSPS) is 20.0. The number of hydrogen-bond acceptors (Lipinski definition) is 5. The van der Waals surface area contributed by atoms with E-state index in [2.05, 4.69) is 5.32 Å². The predicted octanol–water partition coefficient (Wildman–Crippen LogP) is 0.198. The number of rotatable bonds is 4. The molecule has 1 aromatic rings. The van der Waals surface area contributed by atoms with E-state index in [9.17, 15) is 22.8 Å². The van der Waals surface area contributed by atoms with Gasteiger partial charge in [0.1, 0.15) is 10.4 Å². The lowest BCUT2D eigenvalue weighted by molar-refractivity contribution is -0.140. The zero-order chi connectivity index (χ0) is 17.0. The molecule has 2 aliphatic rings. The summed E-state index contributed by atoms with van der Waals surface area (Å²) in [5.41, 5.74) is -1.24. The van der Waals surface area contributed by atoms with Crippen LogP contribution in [-0.4, -0.2) is 47.7 Å². The van der Waals surface area contributed by atoms with Crippen molar-refractivity contribution in [3.63, 3.8) is 0 Å². The van der Waals surface area contributed by atoms with Crippen LogP contribution < -0.4 is 5.32 Å². The Morgan fingerprint density at radius 1 is 1.35 bits per heavy atom. The maximum absolute atomic E-state index is 12.3. The lowest BCUT2D eigenvalue weighted by Crippen LogP contribution is -2.43. The number of fused-ring (bicyclic) bond motifs is 1. The number of carbonyl (C=O) groups excluding carboxylic acids is 2. The molecule has 0 saturated heterocycles. The van der Waals surface area contributed by atoms with Crippen LogP contribution in [0.3, 0.4) is 0 Å². The standard InChI is InChI=1S/C14H14N2O6S/c1-2-16-12(18)9-4-3-8(7-10(9)23(16,21)22)11(17)15-14(5-6-14)13(19)20/h3-4,7H,2,5-6H2,1H3,(H,15,17)(H,19,20). The molecule has 1 fully saturated rings. The first-order valence-electron chi connectivity index (χ1n) is 7.00. The van der Waals surface area contributed by atoms with Gasteiger partial charge in [0.15, 0.2) is 0 Å². The second-order valence-electron chi connectivity index (χ2n) is 5.53. The van der Waals surface area contributed by atoms with Crippen LogP contribution in [0.4, 0.5) is 0 Å². The highest BCUT2D eigenvalue weighted by molar-refractivity contribution is 7.90. The Balaban J connectivity index is 1.96. The number of amides is 2. The molecule has 2 amide bonds. The number of benzene rings is 1. The first-order chi connectivity index (χ1) is 10.7. The molecular formula is C14H14N2O6S. The average Bonchev–Trinajstić information content (AvgIpc) is 3.24. The van der Waals surface area contributed by atoms with Crippen LogP contribution in [0.5, 0.6) is 0 Å². The van der Waals surface area contributed by atoms with Crippen LogP contribution in [0.2, 0.25) is 0 Å². The minimum Gasteiger partial charge on any atom is -0.480 e. The van der Waals surface area contributed by atoms with Crippen LogP contribution in [0.1, 0.15) is 40.5 Å². The summed E-state index contributed by atoms with van der Waals surface area (Å²) in [5.74, 6) is -2.42. The summed E-state index contributed by atoms with van der Waals surface area (Å²) in [4.78, 5) is 35.1. The van der Waals surface area contributed by atoms with Gasteiger partial charge in [0.2, 0.25) is 0 Å². The third kappa shape index (κ3) is 2.19. The Morgan fingerprint density at radius 3 is 2.52 bits per heavy atom. The number of carboxylic acid groups (broad SMARTS) is 1. The van der Waals surface area contributed by atoms with E-state index in [0.29, 0.717) is 12.8 Å². The van der Waals surface area contributed by atoms with Crippen molar-refractivity contribution in [2.24, 2.45) is 0 Å². The van der Waals surface area contributed by atoms with Gasteiger partial charge in [0, 0.05) is 12.1 Å². The number of sulfonamides is 1. The van der Waals surface area contributed by atoms with Crippen molar-refractivity contribution in [1.29, 1.82) is 0 Å². The van der Waals surface area contributed by atoms with E-state index < -0.39 is 33.3 Å². The van der Waals surface area contributed by atoms with Crippen LogP contribution in [-0.2, 0) is 14.8 Å². The molecule has 0 aromatic heterocycles. The second kappa shape index (κ2) is 4.79. The van der Waals surface area contributed by atoms with Crippen molar-refractivity contribution in [2.75, 3.05) is 6.54 Å². The lowest BCUT2D eigenvalue weighted by atomic mass is 10.1. The Hall–Kier alpha value is -2.42. The van der Waals surface area contributed by atoms with E-state index in [4.69, 9.17) is 5.11 Å². The van der Waals surface area contributed by atoms with Crippen LogP contribution in [0.15, 0.2) is 23.1 Å². The summed E-state index contributed by atoms with van der Waals surface area (Å²) in [5, 5.41) is 11.5. The minimum atomic E-state index is -3.96. The van der Waals surface area contributed by atoms with Crippen LogP contribution in [0, 0.1) is 0 Å². The highest BCUT2D eigenvalue weighted by atomic mass is 32.2. The van der Waals surface area contributed by atoms with E-state index in [1.807, 2.05) is 0 Å². The molecule has 0 spiro atoms. The zero-order valence-corrected chi connectivity index (χ0v) is 13.0. The van der Waals surface area contributed by atoms with Crippen molar-refractivity contribution in [2.45, 2.75) is 30.2 Å². The summed E-state index contributed by atoms with van der Waals surface area (Å²) in [6.07, 6.45) is 0.665. The monoisotopic (exact) mass is 338 g/mol. The molecule has 0 atom stereocenters. The largest absolute Gasteiger partial charge is 0.480 e. The van der Waals surface area contributed by atoms with Crippen molar-refractivity contribution < 1.29 is 27.9 Å². The quantitative estimate of drug-likeness (QED) is 0.809. The molecule has 8 nitrogen and oxygen atoms in total. The molecule has 2 N–H and O–H groups in total. The zero-order valence-electron chi connectivity index (χ0n) is 12.2. The van der Waals surface area contributed by atoms with Gasteiger partial charge in [-0.25, -0.2) is 17.5 Å². The van der Waals surface area contributed by atoms with Crippen molar-refractivity contribution in [1.82, 2.24) is 9.62 Å². The molecular weight excluding hydrogens is 324 g/mol. The average molecular weight is 338 g/mol.